The minimum atomic E-state index is 0.314. The Morgan fingerprint density at radius 3 is 2.57 bits per heavy atom. The molecule has 0 fully saturated rings. The molecule has 0 saturated carbocycles. The molecule has 0 bridgehead atoms. The fourth-order valence-electron chi connectivity index (χ4n) is 1.20. The van der Waals surface area contributed by atoms with E-state index in [0.717, 1.165) is 25.4 Å². The number of amidine groups is 1. The van der Waals surface area contributed by atoms with Crippen molar-refractivity contribution < 1.29 is 5.21 Å². The normalized spacial score (nSPS) is 12.4. The van der Waals surface area contributed by atoms with E-state index >= 15 is 0 Å². The van der Waals surface area contributed by atoms with Gasteiger partial charge in [0.1, 0.15) is 5.84 Å². The fraction of sp³-hybridized carbons (Fsp3) is 0.900. The Balaban J connectivity index is 3.07. The van der Waals surface area contributed by atoms with Crippen LogP contribution in [0.3, 0.4) is 0 Å². The van der Waals surface area contributed by atoms with Crippen LogP contribution in [0, 0.1) is 5.92 Å². The molecule has 0 aromatic rings. The molecule has 4 N–H and O–H groups in total. The zero-order chi connectivity index (χ0) is 10.8. The summed E-state index contributed by atoms with van der Waals surface area (Å²) in [6.07, 6.45) is 4.08. The molecule has 0 atom stereocenters. The molecule has 0 unspecified atom stereocenters. The molecule has 0 aliphatic carbocycles. The SMILES string of the molecule is CC(C)CCCNCCCC(N)=NO. The fourth-order valence-corrected chi connectivity index (χ4v) is 1.20. The van der Waals surface area contributed by atoms with E-state index in [9.17, 15) is 0 Å². The maximum atomic E-state index is 8.28. The Morgan fingerprint density at radius 1 is 1.36 bits per heavy atom. The number of nitrogens with zero attached hydrogens (tertiary/aromatic N) is 1. The smallest absolute Gasteiger partial charge is 0.139 e. The predicted octanol–water partition coefficient (Wildman–Crippen LogP) is 1.54. The van der Waals surface area contributed by atoms with Gasteiger partial charge in [-0.2, -0.15) is 0 Å². The van der Waals surface area contributed by atoms with Crippen molar-refractivity contribution in [3.05, 3.63) is 0 Å². The Kier molecular flexibility index (Phi) is 8.33. The molecule has 14 heavy (non-hydrogen) atoms. The van der Waals surface area contributed by atoms with E-state index in [1.807, 2.05) is 0 Å². The van der Waals surface area contributed by atoms with Crippen LogP contribution < -0.4 is 11.1 Å². The van der Waals surface area contributed by atoms with Gasteiger partial charge in [-0.05, 0) is 38.3 Å². The number of hydrogen-bond donors (Lipinski definition) is 3. The molecule has 0 amide bonds. The van der Waals surface area contributed by atoms with Crippen LogP contribution in [0.25, 0.3) is 0 Å². The Morgan fingerprint density at radius 2 is 2.00 bits per heavy atom. The summed E-state index contributed by atoms with van der Waals surface area (Å²) in [5.41, 5.74) is 5.33. The average molecular weight is 201 g/mol. The first-order valence-electron chi connectivity index (χ1n) is 5.34. The van der Waals surface area contributed by atoms with Gasteiger partial charge in [0.25, 0.3) is 0 Å². The van der Waals surface area contributed by atoms with Gasteiger partial charge in [0.15, 0.2) is 0 Å². The van der Waals surface area contributed by atoms with Crippen molar-refractivity contribution >= 4 is 5.84 Å². The van der Waals surface area contributed by atoms with Crippen LogP contribution in [0.5, 0.6) is 0 Å². The molecule has 0 heterocycles. The zero-order valence-corrected chi connectivity index (χ0v) is 9.29. The lowest BCUT2D eigenvalue weighted by Crippen LogP contribution is -2.19. The van der Waals surface area contributed by atoms with Crippen LogP contribution in [-0.4, -0.2) is 24.1 Å². The monoisotopic (exact) mass is 201 g/mol. The van der Waals surface area contributed by atoms with Crippen molar-refractivity contribution in [3.63, 3.8) is 0 Å². The number of hydrogen-bond acceptors (Lipinski definition) is 3. The summed E-state index contributed by atoms with van der Waals surface area (Å²) in [7, 11) is 0. The molecule has 0 aromatic carbocycles. The number of oxime groups is 1. The highest BCUT2D eigenvalue weighted by atomic mass is 16.4. The molecule has 4 nitrogen and oxygen atoms in total. The Labute approximate surface area is 86.6 Å². The van der Waals surface area contributed by atoms with Gasteiger partial charge in [-0.1, -0.05) is 19.0 Å². The van der Waals surface area contributed by atoms with Crippen molar-refractivity contribution in [2.24, 2.45) is 16.8 Å². The summed E-state index contributed by atoms with van der Waals surface area (Å²) >= 11 is 0. The van der Waals surface area contributed by atoms with Gasteiger partial charge in [0, 0.05) is 6.42 Å². The number of nitrogens with one attached hydrogen (secondary N) is 1. The molecular formula is C10H23N3O. The van der Waals surface area contributed by atoms with Gasteiger partial charge in [-0.25, -0.2) is 0 Å². The van der Waals surface area contributed by atoms with E-state index in [0.29, 0.717) is 12.3 Å². The maximum absolute atomic E-state index is 8.28. The van der Waals surface area contributed by atoms with Gasteiger partial charge >= 0.3 is 0 Å². The van der Waals surface area contributed by atoms with Gasteiger partial charge < -0.3 is 16.3 Å². The van der Waals surface area contributed by atoms with Crippen molar-refractivity contribution in [1.82, 2.24) is 5.32 Å². The van der Waals surface area contributed by atoms with Crippen LogP contribution in [0.15, 0.2) is 5.16 Å². The molecule has 0 aromatic heterocycles. The summed E-state index contributed by atoms with van der Waals surface area (Å²) in [6.45, 7) is 6.47. The van der Waals surface area contributed by atoms with Crippen molar-refractivity contribution in [3.8, 4) is 0 Å². The molecule has 0 spiro atoms. The van der Waals surface area contributed by atoms with Crippen molar-refractivity contribution in [2.75, 3.05) is 13.1 Å². The minimum absolute atomic E-state index is 0.314. The summed E-state index contributed by atoms with van der Waals surface area (Å²) in [5.74, 6) is 1.10. The molecule has 0 rings (SSSR count). The second-order valence-corrected chi connectivity index (χ2v) is 3.98. The van der Waals surface area contributed by atoms with Crippen LogP contribution >= 0.6 is 0 Å². The van der Waals surface area contributed by atoms with Crippen LogP contribution in [0.1, 0.15) is 39.5 Å². The summed E-state index contributed by atoms with van der Waals surface area (Å²) in [6, 6.07) is 0. The third kappa shape index (κ3) is 9.32. The summed E-state index contributed by atoms with van der Waals surface area (Å²) in [4.78, 5) is 0. The minimum Gasteiger partial charge on any atom is -0.409 e. The second kappa shape index (κ2) is 8.81. The second-order valence-electron chi connectivity index (χ2n) is 3.98. The molecule has 0 saturated heterocycles. The van der Waals surface area contributed by atoms with Gasteiger partial charge in [-0.15, -0.1) is 0 Å². The number of rotatable bonds is 8. The van der Waals surface area contributed by atoms with E-state index in [1.54, 1.807) is 0 Å². The molecule has 4 heteroatoms. The Hall–Kier alpha value is -0.770. The molecule has 0 aliphatic heterocycles. The van der Waals surface area contributed by atoms with Crippen molar-refractivity contribution in [1.29, 1.82) is 0 Å². The van der Waals surface area contributed by atoms with E-state index < -0.39 is 0 Å². The molecular weight excluding hydrogens is 178 g/mol. The zero-order valence-electron chi connectivity index (χ0n) is 9.29. The van der Waals surface area contributed by atoms with Gasteiger partial charge in [-0.3, -0.25) is 0 Å². The van der Waals surface area contributed by atoms with Gasteiger partial charge in [0.2, 0.25) is 0 Å². The average Bonchev–Trinajstić information content (AvgIpc) is 2.15. The summed E-state index contributed by atoms with van der Waals surface area (Å²) < 4.78 is 0. The first kappa shape index (κ1) is 13.2. The van der Waals surface area contributed by atoms with Crippen LogP contribution in [-0.2, 0) is 0 Å². The molecule has 0 radical (unpaired) electrons. The first-order valence-corrected chi connectivity index (χ1v) is 5.34. The van der Waals surface area contributed by atoms with E-state index in [-0.39, 0.29) is 0 Å². The summed E-state index contributed by atoms with van der Waals surface area (Å²) in [5, 5.41) is 14.5. The molecule has 0 aliphatic rings. The maximum Gasteiger partial charge on any atom is 0.139 e. The quantitative estimate of drug-likeness (QED) is 0.183. The van der Waals surface area contributed by atoms with Crippen LogP contribution in [0.2, 0.25) is 0 Å². The van der Waals surface area contributed by atoms with E-state index in [1.165, 1.54) is 12.8 Å². The van der Waals surface area contributed by atoms with Crippen molar-refractivity contribution in [2.45, 2.75) is 39.5 Å². The predicted molar refractivity (Wildman–Crippen MR) is 59.6 cm³/mol. The third-order valence-corrected chi connectivity index (χ3v) is 2.05. The van der Waals surface area contributed by atoms with Crippen LogP contribution in [0.4, 0.5) is 0 Å². The van der Waals surface area contributed by atoms with Gasteiger partial charge in [0.05, 0.1) is 0 Å². The first-order chi connectivity index (χ1) is 6.66. The topological polar surface area (TPSA) is 70.6 Å². The largest absolute Gasteiger partial charge is 0.409 e. The molecule has 84 valence electrons. The number of nitrogens with two attached hydrogens (primary N) is 1. The highest BCUT2D eigenvalue weighted by molar-refractivity contribution is 5.79. The standard InChI is InChI=1S/C10H23N3O/c1-9(2)5-3-7-12-8-4-6-10(11)13-14/h9,12,14H,3-8H2,1-2H3,(H2,11,13). The Bertz CT molecular complexity index is 157. The highest BCUT2D eigenvalue weighted by Gasteiger charge is 1.95. The highest BCUT2D eigenvalue weighted by Crippen LogP contribution is 2.01. The lowest BCUT2D eigenvalue weighted by atomic mass is 10.1. The lowest BCUT2D eigenvalue weighted by Gasteiger charge is -2.05. The lowest BCUT2D eigenvalue weighted by molar-refractivity contribution is 0.316. The van der Waals surface area contributed by atoms with E-state index in [4.69, 9.17) is 10.9 Å². The van der Waals surface area contributed by atoms with E-state index in [2.05, 4.69) is 24.3 Å². The third-order valence-electron chi connectivity index (χ3n) is 2.05.